The smallest absolute Gasteiger partial charge is 0.408 e. The fraction of sp³-hybridized carbons (Fsp3) is 0.600. The molecule has 4 aliphatic rings. The second-order valence-electron chi connectivity index (χ2n) is 17.0. The summed E-state index contributed by atoms with van der Waals surface area (Å²) in [5.41, 5.74) is -0.276. The maximum Gasteiger partial charge on any atom is 0.408 e. The van der Waals surface area contributed by atoms with E-state index < -0.39 is 53.0 Å². The van der Waals surface area contributed by atoms with Crippen LogP contribution in [0.25, 0.3) is 21.6 Å². The molecule has 0 spiro atoms. The number of carbonyl (C=O) groups excluding carboxylic acids is 3. The van der Waals surface area contributed by atoms with Crippen molar-refractivity contribution in [3.8, 4) is 22.2 Å². The van der Waals surface area contributed by atoms with Crippen LogP contribution in [0.5, 0.6) is 11.5 Å². The summed E-state index contributed by atoms with van der Waals surface area (Å²) < 4.78 is 18.0. The number of alkyl carbamates (subject to hydrolysis) is 1. The van der Waals surface area contributed by atoms with Gasteiger partial charge in [0, 0.05) is 23.3 Å². The summed E-state index contributed by atoms with van der Waals surface area (Å²) in [6.07, 6.45) is 2.21. The average molecular weight is 796 g/mol. The van der Waals surface area contributed by atoms with Gasteiger partial charge in [0.25, 0.3) is 0 Å². The third kappa shape index (κ3) is 7.68. The first kappa shape index (κ1) is 39.1. The first-order valence-corrected chi connectivity index (χ1v) is 20.4. The van der Waals surface area contributed by atoms with Crippen molar-refractivity contribution in [3.05, 3.63) is 34.3 Å². The van der Waals surface area contributed by atoms with E-state index in [0.29, 0.717) is 62.8 Å². The maximum absolute atomic E-state index is 14.7. The third-order valence-electron chi connectivity index (χ3n) is 11.7. The predicted octanol–water partition coefficient (Wildman–Crippen LogP) is 6.80. The van der Waals surface area contributed by atoms with Gasteiger partial charge < -0.3 is 34.9 Å². The number of aliphatic carboxylic acids is 1. The highest BCUT2D eigenvalue weighted by Crippen LogP contribution is 2.52. The zero-order valence-electron chi connectivity index (χ0n) is 32.3. The van der Waals surface area contributed by atoms with E-state index >= 15 is 0 Å². The third-order valence-corrected chi connectivity index (χ3v) is 13.0. The fourth-order valence-corrected chi connectivity index (χ4v) is 9.49. The molecule has 7 rings (SSSR count). The number of hydrogen-bond acceptors (Lipinski definition) is 10. The quantitative estimate of drug-likeness (QED) is 0.177. The highest BCUT2D eigenvalue weighted by Gasteiger charge is 2.61. The van der Waals surface area contributed by atoms with Crippen LogP contribution in [0.1, 0.15) is 91.7 Å². The summed E-state index contributed by atoms with van der Waals surface area (Å²) >= 11 is 8.27. The number of benzene rings is 1. The lowest BCUT2D eigenvalue weighted by Gasteiger charge is -2.35. The molecule has 4 fully saturated rings. The molecule has 3 heterocycles. The van der Waals surface area contributed by atoms with Crippen molar-refractivity contribution in [3.63, 3.8) is 0 Å². The molecule has 0 radical (unpaired) electrons. The number of amides is 3. The summed E-state index contributed by atoms with van der Waals surface area (Å²) in [5, 5.41) is 19.3. The zero-order chi connectivity index (χ0) is 39.6. The first-order valence-electron chi connectivity index (χ1n) is 19.2. The highest BCUT2D eigenvalue weighted by atomic mass is 35.5. The van der Waals surface area contributed by atoms with Crippen LogP contribution in [0, 0.1) is 23.2 Å². The van der Waals surface area contributed by atoms with Crippen molar-refractivity contribution in [1.29, 1.82) is 0 Å². The van der Waals surface area contributed by atoms with E-state index in [2.05, 4.69) is 24.5 Å². The number of likely N-dealkylation sites (tertiary alicyclic amines) is 1. The molecular weight excluding hydrogens is 746 g/mol. The molecule has 55 heavy (non-hydrogen) atoms. The molecule has 296 valence electrons. The second kappa shape index (κ2) is 14.7. The molecule has 2 aromatic heterocycles. The molecule has 8 atom stereocenters. The number of nitrogens with one attached hydrogen (secondary N) is 2. The molecule has 1 saturated heterocycles. The van der Waals surface area contributed by atoms with Gasteiger partial charge in [-0.25, -0.2) is 19.6 Å². The van der Waals surface area contributed by atoms with Gasteiger partial charge in [0.15, 0.2) is 0 Å². The zero-order valence-corrected chi connectivity index (χ0v) is 33.9. The number of aromatic nitrogens is 2. The monoisotopic (exact) mass is 795 g/mol. The largest absolute Gasteiger partial charge is 0.495 e. The molecule has 15 heteroatoms. The summed E-state index contributed by atoms with van der Waals surface area (Å²) in [6.45, 7) is 11.5. The minimum Gasteiger partial charge on any atom is -0.495 e. The molecule has 1 aromatic carbocycles. The second-order valence-corrected chi connectivity index (χ2v) is 18.2. The Morgan fingerprint density at radius 1 is 1.07 bits per heavy atom. The topological polar surface area (TPSA) is 169 Å². The van der Waals surface area contributed by atoms with E-state index in [1.165, 1.54) is 29.8 Å². The number of fused-ring (bicyclic) bond motifs is 2. The number of carboxylic acids is 1. The Morgan fingerprint density at radius 3 is 2.40 bits per heavy atom. The van der Waals surface area contributed by atoms with Gasteiger partial charge in [-0.1, -0.05) is 59.6 Å². The van der Waals surface area contributed by atoms with Crippen molar-refractivity contribution in [2.24, 2.45) is 23.2 Å². The Bertz CT molecular complexity index is 2010. The number of thiazole rings is 1. The van der Waals surface area contributed by atoms with E-state index in [1.807, 2.05) is 33.1 Å². The van der Waals surface area contributed by atoms with E-state index in [-0.39, 0.29) is 30.9 Å². The number of carboxylic acid groups (broad SMARTS) is 1. The molecule has 3 N–H and O–H groups in total. The van der Waals surface area contributed by atoms with Gasteiger partial charge in [0.05, 0.1) is 24.9 Å². The molecule has 13 nitrogen and oxygen atoms in total. The van der Waals surface area contributed by atoms with Gasteiger partial charge in [-0.15, -0.1) is 11.3 Å². The Hall–Kier alpha value is -4.17. The highest BCUT2D eigenvalue weighted by molar-refractivity contribution is 7.13. The molecule has 3 aromatic rings. The van der Waals surface area contributed by atoms with Crippen LogP contribution in [-0.4, -0.2) is 87.3 Å². The van der Waals surface area contributed by atoms with Crippen LogP contribution in [0.4, 0.5) is 4.79 Å². The van der Waals surface area contributed by atoms with Gasteiger partial charge in [0.1, 0.15) is 57.1 Å². The van der Waals surface area contributed by atoms with Crippen LogP contribution >= 0.6 is 22.9 Å². The number of hydrogen-bond donors (Lipinski definition) is 3. The Kier molecular flexibility index (Phi) is 10.5. The number of rotatable bonds is 12. The summed E-state index contributed by atoms with van der Waals surface area (Å²) in [4.78, 5) is 65.6. The minimum absolute atomic E-state index is 0.0126. The number of ether oxygens (including phenoxy) is 3. The maximum atomic E-state index is 14.7. The van der Waals surface area contributed by atoms with Gasteiger partial charge in [0.2, 0.25) is 11.8 Å². The Morgan fingerprint density at radius 2 is 1.80 bits per heavy atom. The number of halogens is 1. The number of methoxy groups -OCH3 is 1. The van der Waals surface area contributed by atoms with Gasteiger partial charge in [-0.05, 0) is 66.9 Å². The lowest BCUT2D eigenvalue weighted by Crippen LogP contribution is -2.59. The summed E-state index contributed by atoms with van der Waals surface area (Å²) in [5.74, 6) is -0.133. The lowest BCUT2D eigenvalue weighted by molar-refractivity contribution is -0.146. The number of pyridine rings is 1. The predicted molar refractivity (Wildman–Crippen MR) is 207 cm³/mol. The summed E-state index contributed by atoms with van der Waals surface area (Å²) in [6, 6.07) is 3.16. The number of nitrogens with zero attached hydrogens (tertiary/aromatic N) is 3. The van der Waals surface area contributed by atoms with E-state index in [9.17, 15) is 24.3 Å². The average Bonchev–Trinajstić information content (AvgIpc) is 3.77. The van der Waals surface area contributed by atoms with E-state index in [0.717, 1.165) is 18.5 Å². The molecule has 1 aliphatic heterocycles. The van der Waals surface area contributed by atoms with Gasteiger partial charge in [-0.3, -0.25) is 9.59 Å². The molecule has 3 aliphatic carbocycles. The number of carbonyl (C=O) groups is 4. The fourth-order valence-electron chi connectivity index (χ4n) is 8.26. The lowest BCUT2D eigenvalue weighted by atomic mass is 9.85. The summed E-state index contributed by atoms with van der Waals surface area (Å²) in [7, 11) is 1.52. The molecule has 1 unspecified atom stereocenters. The molecule has 0 bridgehead atoms. The molecular formula is C40H50ClN5O8S. The van der Waals surface area contributed by atoms with Gasteiger partial charge in [-0.2, -0.15) is 0 Å². The van der Waals surface area contributed by atoms with Gasteiger partial charge >= 0.3 is 12.1 Å². The van der Waals surface area contributed by atoms with Crippen molar-refractivity contribution < 1.29 is 38.5 Å². The van der Waals surface area contributed by atoms with Crippen molar-refractivity contribution >= 4 is 57.7 Å². The molecule has 3 saturated carbocycles. The van der Waals surface area contributed by atoms with Crippen LogP contribution in [0.15, 0.2) is 23.6 Å². The van der Waals surface area contributed by atoms with Crippen molar-refractivity contribution in [2.45, 2.75) is 116 Å². The van der Waals surface area contributed by atoms with Crippen LogP contribution < -0.4 is 20.1 Å². The normalized spacial score (nSPS) is 27.4. The molecule has 3 amide bonds. The van der Waals surface area contributed by atoms with E-state index in [4.69, 9.17) is 35.8 Å². The van der Waals surface area contributed by atoms with E-state index in [1.54, 1.807) is 18.2 Å². The Balaban J connectivity index is 1.20. The Labute approximate surface area is 329 Å². The van der Waals surface area contributed by atoms with Crippen molar-refractivity contribution in [2.75, 3.05) is 13.7 Å². The minimum atomic E-state index is -1.40. The van der Waals surface area contributed by atoms with Crippen LogP contribution in [0.3, 0.4) is 0 Å². The van der Waals surface area contributed by atoms with Crippen LogP contribution in [-0.2, 0) is 19.1 Å². The first-order chi connectivity index (χ1) is 26.0. The standard InChI is InChI=1S/C40H50ClN5O8S/c1-8-22-16-40(22,37(49)50)45-34(47)28-14-24(17-46(28)36(48)33(39(4,5)6)44-38(51)54-23-12-20-11-21(20)13-23)53-30-15-26(35-43-27(18-55-35)19(2)3)42-32-25(30)9-10-29(52-7)31(32)41/h9-10,15,18-24,28,33H,8,11-14,16-17H2,1-7H3,(H,44,51)(H,45,47)(H,49,50)/t20-,21+,22?,23+,24-,28+,33-,40-/m1/s1. The van der Waals surface area contributed by atoms with Crippen LogP contribution in [0.2, 0.25) is 5.02 Å². The van der Waals surface area contributed by atoms with Crippen molar-refractivity contribution in [1.82, 2.24) is 25.5 Å². The SMILES string of the molecule is CCC1C[C@]1(NC(=O)[C@@H]1C[C@@H](Oc2cc(-c3nc(C(C)C)cs3)nc3c(Cl)c(OC)ccc23)CN1C(=O)[C@@H](NC(=O)O[C@@H]1C[C@@H]2C[C@@H]2C1)C(C)(C)C)C(=O)O.